The number of nitrogens with zero attached hydrogens (tertiary/aromatic N) is 1. The van der Waals surface area contributed by atoms with Gasteiger partial charge in [-0.1, -0.05) is 66.2 Å². The molecule has 1 amide bonds. The van der Waals surface area contributed by atoms with E-state index in [1.807, 2.05) is 55.5 Å². The molecule has 1 fully saturated rings. The van der Waals surface area contributed by atoms with E-state index in [4.69, 9.17) is 9.47 Å². The van der Waals surface area contributed by atoms with Gasteiger partial charge in [0.2, 0.25) is 0 Å². The molecule has 0 saturated carbocycles. The molecule has 174 valence electrons. The predicted octanol–water partition coefficient (Wildman–Crippen LogP) is 5.34. The fraction of sp³-hybridized carbons (Fsp3) is 0.269. The molecular weight excluding hydrogens is 452 g/mol. The molecule has 0 bridgehead atoms. The number of nitro groups is 1. The Kier molecular flexibility index (Phi) is 5.79. The summed E-state index contributed by atoms with van der Waals surface area (Å²) in [5, 5.41) is 12.9. The van der Waals surface area contributed by atoms with Gasteiger partial charge in [0, 0.05) is 10.8 Å². The van der Waals surface area contributed by atoms with Crippen molar-refractivity contribution in [3.05, 3.63) is 99.6 Å². The summed E-state index contributed by atoms with van der Waals surface area (Å²) in [6.45, 7) is 3.82. The number of nitrogens with one attached hydrogen (secondary N) is 1. The van der Waals surface area contributed by atoms with Gasteiger partial charge in [0.1, 0.15) is 6.61 Å². The highest BCUT2D eigenvalue weighted by molar-refractivity contribution is 8.00. The van der Waals surface area contributed by atoms with Crippen LogP contribution in [0.3, 0.4) is 0 Å². The zero-order valence-corrected chi connectivity index (χ0v) is 19.6. The lowest BCUT2D eigenvalue weighted by atomic mass is 9.98. The largest absolute Gasteiger partial charge is 0.449 e. The summed E-state index contributed by atoms with van der Waals surface area (Å²) >= 11 is 1.04. The quantitative estimate of drug-likeness (QED) is 0.214. The lowest BCUT2D eigenvalue weighted by Gasteiger charge is -2.16. The Labute approximate surface area is 201 Å². The number of ether oxygens (including phenoxy) is 2. The van der Waals surface area contributed by atoms with Gasteiger partial charge in [-0.05, 0) is 60.0 Å². The number of aryl methyl sites for hydroxylation is 1. The number of carbonyl (C=O) groups is 1. The third-order valence-electron chi connectivity index (χ3n) is 6.28. The molecule has 34 heavy (non-hydrogen) atoms. The predicted molar refractivity (Wildman–Crippen MR) is 129 cm³/mol. The van der Waals surface area contributed by atoms with Gasteiger partial charge in [0.05, 0.1) is 11.0 Å². The maximum Gasteiger partial charge on any atom is 0.407 e. The van der Waals surface area contributed by atoms with E-state index < -0.39 is 28.2 Å². The number of epoxide rings is 1. The van der Waals surface area contributed by atoms with Crippen LogP contribution in [0.5, 0.6) is 0 Å². The summed E-state index contributed by atoms with van der Waals surface area (Å²) < 4.78 is 11.1. The first-order chi connectivity index (χ1) is 16.4. The zero-order valence-electron chi connectivity index (χ0n) is 18.8. The molecular formula is C26H24N2O5S. The molecule has 1 N–H and O–H groups in total. The molecule has 3 aromatic carbocycles. The maximum atomic E-state index is 12.6. The van der Waals surface area contributed by atoms with Crippen LogP contribution in [0.1, 0.15) is 29.5 Å². The first-order valence-corrected chi connectivity index (χ1v) is 11.9. The van der Waals surface area contributed by atoms with Crippen molar-refractivity contribution in [2.24, 2.45) is 0 Å². The number of hydrogen-bond donors (Lipinski definition) is 1. The number of thioether (sulfide) groups is 1. The highest BCUT2D eigenvalue weighted by atomic mass is 32.2. The maximum absolute atomic E-state index is 12.6. The number of rotatable bonds is 7. The van der Waals surface area contributed by atoms with Gasteiger partial charge in [-0.3, -0.25) is 14.9 Å². The molecule has 1 aliphatic carbocycles. The van der Waals surface area contributed by atoms with Crippen molar-refractivity contribution < 1.29 is 19.2 Å². The van der Waals surface area contributed by atoms with Crippen LogP contribution in [0.15, 0.2) is 77.7 Å². The number of hydrogen-bond acceptors (Lipinski definition) is 6. The molecule has 3 aromatic rings. The van der Waals surface area contributed by atoms with Gasteiger partial charge in [0.25, 0.3) is 0 Å². The number of alkyl carbamates (subject to hydrolysis) is 1. The minimum absolute atomic E-state index is 0.0550. The Morgan fingerprint density at radius 1 is 1.09 bits per heavy atom. The van der Waals surface area contributed by atoms with Crippen LogP contribution >= 0.6 is 11.8 Å². The third kappa shape index (κ3) is 4.03. The van der Waals surface area contributed by atoms with Gasteiger partial charge in [-0.2, -0.15) is 0 Å². The lowest BCUT2D eigenvalue weighted by Crippen LogP contribution is -2.40. The molecule has 5 rings (SSSR count). The van der Waals surface area contributed by atoms with Crippen molar-refractivity contribution in [2.45, 2.75) is 41.9 Å². The summed E-state index contributed by atoms with van der Waals surface area (Å²) in [6, 6.07) is 23.1. The van der Waals surface area contributed by atoms with Crippen LogP contribution in [-0.4, -0.2) is 34.8 Å². The Balaban J connectivity index is 1.22. The van der Waals surface area contributed by atoms with Crippen LogP contribution in [0.25, 0.3) is 11.1 Å². The van der Waals surface area contributed by atoms with E-state index in [0.29, 0.717) is 0 Å². The number of fused-ring (bicyclic) bond motifs is 3. The van der Waals surface area contributed by atoms with Gasteiger partial charge in [0.15, 0.2) is 6.10 Å². The molecule has 0 radical (unpaired) electrons. The Morgan fingerprint density at radius 2 is 1.68 bits per heavy atom. The first-order valence-electron chi connectivity index (χ1n) is 11.1. The average Bonchev–Trinajstić information content (AvgIpc) is 3.48. The summed E-state index contributed by atoms with van der Waals surface area (Å²) in [6.07, 6.45) is -1.39. The fourth-order valence-electron chi connectivity index (χ4n) is 4.51. The summed E-state index contributed by atoms with van der Waals surface area (Å²) in [5.74, 6) is -0.0550. The van der Waals surface area contributed by atoms with Crippen molar-refractivity contribution in [1.82, 2.24) is 5.32 Å². The van der Waals surface area contributed by atoms with E-state index in [2.05, 4.69) is 29.6 Å². The molecule has 1 heterocycles. The van der Waals surface area contributed by atoms with Crippen molar-refractivity contribution in [2.75, 3.05) is 6.61 Å². The molecule has 7 nitrogen and oxygen atoms in total. The normalized spacial score (nSPS) is 21.3. The molecule has 1 saturated heterocycles. The Hall–Kier alpha value is -3.36. The van der Waals surface area contributed by atoms with E-state index in [0.717, 1.165) is 44.5 Å². The van der Waals surface area contributed by atoms with E-state index in [1.54, 1.807) is 6.92 Å². The summed E-state index contributed by atoms with van der Waals surface area (Å²) in [4.78, 5) is 24.7. The number of amides is 1. The van der Waals surface area contributed by atoms with Crippen molar-refractivity contribution in [3.8, 4) is 11.1 Å². The third-order valence-corrected chi connectivity index (χ3v) is 7.56. The Morgan fingerprint density at radius 3 is 2.26 bits per heavy atom. The smallest absolute Gasteiger partial charge is 0.407 e. The minimum atomic E-state index is -1.62. The molecule has 0 aromatic heterocycles. The van der Waals surface area contributed by atoms with Crippen LogP contribution in [-0.2, 0) is 9.47 Å². The molecule has 8 heteroatoms. The standard InChI is InChI=1S/C26H24N2O5S/c1-16-11-13-18(14-12-16)34-26(28(30)31)24(33-26)17(2)27-25(29)32-15-23-21-9-5-3-7-19(21)20-8-4-6-10-22(20)23/h3-14,17,23-24H,15H2,1-2H3,(H,27,29)/t17-,24+,26+/m0/s1. The second-order valence-electron chi connectivity index (χ2n) is 8.60. The van der Waals surface area contributed by atoms with E-state index >= 15 is 0 Å². The first kappa shape index (κ1) is 22.4. The molecule has 0 unspecified atom stereocenters. The highest BCUT2D eigenvalue weighted by Gasteiger charge is 2.72. The van der Waals surface area contributed by atoms with Gasteiger partial charge in [-0.25, -0.2) is 4.79 Å². The lowest BCUT2D eigenvalue weighted by molar-refractivity contribution is -0.532. The van der Waals surface area contributed by atoms with Crippen LogP contribution < -0.4 is 5.32 Å². The summed E-state index contributed by atoms with van der Waals surface area (Å²) in [7, 11) is 0. The van der Waals surface area contributed by atoms with Crippen LogP contribution in [0.2, 0.25) is 0 Å². The molecule has 2 aliphatic rings. The molecule has 3 atom stereocenters. The van der Waals surface area contributed by atoms with Crippen molar-refractivity contribution in [3.63, 3.8) is 0 Å². The van der Waals surface area contributed by atoms with Gasteiger partial charge >= 0.3 is 11.2 Å². The monoisotopic (exact) mass is 476 g/mol. The topological polar surface area (TPSA) is 94.0 Å². The second kappa shape index (κ2) is 8.77. The van der Waals surface area contributed by atoms with E-state index in [1.165, 1.54) is 0 Å². The van der Waals surface area contributed by atoms with Gasteiger partial charge < -0.3 is 10.1 Å². The van der Waals surface area contributed by atoms with Crippen LogP contribution in [0, 0.1) is 17.0 Å². The minimum Gasteiger partial charge on any atom is -0.449 e. The van der Waals surface area contributed by atoms with Crippen LogP contribution in [0.4, 0.5) is 4.79 Å². The summed E-state index contributed by atoms with van der Waals surface area (Å²) in [5.41, 5.74) is 5.61. The number of carbonyl (C=O) groups excluding carboxylic acids is 1. The Bertz CT molecular complexity index is 1200. The SMILES string of the molecule is Cc1ccc(S[C@]2([N+](=O)[O-])O[C@@H]2[C@H](C)NC(=O)OCC2c3ccccc3-c3ccccc32)cc1. The molecule has 0 spiro atoms. The van der Waals surface area contributed by atoms with Crippen molar-refractivity contribution >= 4 is 17.9 Å². The van der Waals surface area contributed by atoms with Crippen molar-refractivity contribution in [1.29, 1.82) is 0 Å². The molecule has 1 aliphatic heterocycles. The zero-order chi connectivity index (χ0) is 23.9. The van der Waals surface area contributed by atoms with E-state index in [9.17, 15) is 14.9 Å². The number of benzene rings is 3. The van der Waals surface area contributed by atoms with E-state index in [-0.39, 0.29) is 12.5 Å². The van der Waals surface area contributed by atoms with Gasteiger partial charge in [-0.15, -0.1) is 0 Å². The highest BCUT2D eigenvalue weighted by Crippen LogP contribution is 2.51. The second-order valence-corrected chi connectivity index (χ2v) is 9.86. The fourth-order valence-corrected chi connectivity index (χ4v) is 5.67. The average molecular weight is 477 g/mol.